The maximum Gasteiger partial charge on any atom is 0.137 e. The summed E-state index contributed by atoms with van der Waals surface area (Å²) >= 11 is 6.93. The van der Waals surface area contributed by atoms with Gasteiger partial charge in [0.2, 0.25) is 0 Å². The first-order chi connectivity index (χ1) is 9.79. The molecule has 0 radical (unpaired) electrons. The largest absolute Gasteiger partial charge is 0.490 e. The van der Waals surface area contributed by atoms with Crippen LogP contribution in [-0.2, 0) is 19.5 Å². The summed E-state index contributed by atoms with van der Waals surface area (Å²) < 4.78 is 22.3. The van der Waals surface area contributed by atoms with Crippen molar-refractivity contribution < 1.29 is 18.9 Å². The smallest absolute Gasteiger partial charge is 0.137 e. The van der Waals surface area contributed by atoms with Crippen LogP contribution in [0, 0.1) is 0 Å². The van der Waals surface area contributed by atoms with Gasteiger partial charge in [-0.15, -0.1) is 0 Å². The fraction of sp³-hybridized carbons (Fsp3) is 0.571. The number of halogens is 2. The Labute approximate surface area is 137 Å². The van der Waals surface area contributed by atoms with Gasteiger partial charge in [-0.05, 0) is 22.0 Å². The van der Waals surface area contributed by atoms with Crippen molar-refractivity contribution in [1.82, 2.24) is 0 Å². The Balaban J connectivity index is 2.12. The molecule has 0 aromatic heterocycles. The van der Waals surface area contributed by atoms with Crippen molar-refractivity contribution in [3.63, 3.8) is 0 Å². The van der Waals surface area contributed by atoms with Crippen molar-refractivity contribution in [2.45, 2.75) is 5.33 Å². The van der Waals surface area contributed by atoms with Gasteiger partial charge in [-0.1, -0.05) is 28.1 Å². The molecular weight excluding hydrogens is 392 g/mol. The van der Waals surface area contributed by atoms with Crippen LogP contribution in [0.25, 0.3) is 0 Å². The van der Waals surface area contributed by atoms with Crippen molar-refractivity contribution in [2.24, 2.45) is 0 Å². The Bertz CT molecular complexity index is 374. The lowest BCUT2D eigenvalue weighted by Crippen LogP contribution is -2.12. The van der Waals surface area contributed by atoms with Gasteiger partial charge in [0.25, 0.3) is 0 Å². The number of rotatable bonds is 11. The molecule has 20 heavy (non-hydrogen) atoms. The highest BCUT2D eigenvalue weighted by molar-refractivity contribution is 9.10. The number of hydrogen-bond donors (Lipinski definition) is 0. The third kappa shape index (κ3) is 7.04. The van der Waals surface area contributed by atoms with E-state index >= 15 is 0 Å². The van der Waals surface area contributed by atoms with Gasteiger partial charge in [-0.3, -0.25) is 0 Å². The summed E-state index contributed by atoms with van der Waals surface area (Å²) in [6, 6.07) is 5.98. The molecule has 114 valence electrons. The van der Waals surface area contributed by atoms with Crippen molar-refractivity contribution in [3.8, 4) is 5.75 Å². The van der Waals surface area contributed by atoms with Crippen LogP contribution in [-0.4, -0.2) is 46.8 Å². The van der Waals surface area contributed by atoms with E-state index in [4.69, 9.17) is 18.9 Å². The first-order valence-corrected chi connectivity index (χ1v) is 8.31. The number of hydrogen-bond acceptors (Lipinski definition) is 4. The zero-order chi connectivity index (χ0) is 14.6. The fourth-order valence-electron chi connectivity index (χ4n) is 1.49. The molecule has 0 N–H and O–H groups in total. The lowest BCUT2D eigenvalue weighted by atomic mass is 10.2. The highest BCUT2D eigenvalue weighted by atomic mass is 79.9. The van der Waals surface area contributed by atoms with Crippen LogP contribution in [0.5, 0.6) is 5.75 Å². The van der Waals surface area contributed by atoms with Gasteiger partial charge < -0.3 is 18.9 Å². The van der Waals surface area contributed by atoms with Crippen LogP contribution in [0.1, 0.15) is 5.56 Å². The van der Waals surface area contributed by atoms with E-state index in [1.165, 1.54) is 0 Å². The average molecular weight is 412 g/mol. The molecule has 6 heteroatoms. The Morgan fingerprint density at radius 2 is 1.60 bits per heavy atom. The van der Waals surface area contributed by atoms with Crippen molar-refractivity contribution in [3.05, 3.63) is 28.2 Å². The first-order valence-electron chi connectivity index (χ1n) is 6.40. The summed E-state index contributed by atoms with van der Waals surface area (Å²) in [5.74, 6) is 0.865. The predicted molar refractivity (Wildman–Crippen MR) is 85.8 cm³/mol. The normalized spacial score (nSPS) is 10.8. The quantitative estimate of drug-likeness (QED) is 0.413. The summed E-state index contributed by atoms with van der Waals surface area (Å²) in [7, 11) is 1.65. The number of ether oxygens (including phenoxy) is 4. The van der Waals surface area contributed by atoms with E-state index < -0.39 is 0 Å². The highest BCUT2D eigenvalue weighted by Gasteiger charge is 2.06. The van der Waals surface area contributed by atoms with E-state index in [1.807, 2.05) is 18.2 Å². The van der Waals surface area contributed by atoms with Gasteiger partial charge in [0.05, 0.1) is 37.5 Å². The average Bonchev–Trinajstić information content (AvgIpc) is 2.46. The highest BCUT2D eigenvalue weighted by Crippen LogP contribution is 2.30. The number of methoxy groups -OCH3 is 1. The molecule has 0 fully saturated rings. The Morgan fingerprint density at radius 3 is 2.25 bits per heavy atom. The zero-order valence-electron chi connectivity index (χ0n) is 11.6. The maximum absolute atomic E-state index is 5.74. The minimum atomic E-state index is 0.515. The maximum atomic E-state index is 5.74. The Kier molecular flexibility index (Phi) is 10.3. The molecule has 0 amide bonds. The second-order valence-electron chi connectivity index (χ2n) is 3.93. The minimum absolute atomic E-state index is 0.515. The van der Waals surface area contributed by atoms with Crippen LogP contribution in [0.4, 0.5) is 0 Å². The van der Waals surface area contributed by atoms with E-state index in [2.05, 4.69) is 31.9 Å². The predicted octanol–water partition coefficient (Wildman–Crippen LogP) is 3.40. The molecule has 1 aromatic carbocycles. The molecule has 0 spiro atoms. The Morgan fingerprint density at radius 1 is 0.950 bits per heavy atom. The van der Waals surface area contributed by atoms with Crippen molar-refractivity contribution >= 4 is 31.9 Å². The molecule has 0 bridgehead atoms. The topological polar surface area (TPSA) is 36.9 Å². The van der Waals surface area contributed by atoms with Gasteiger partial charge in [0.1, 0.15) is 12.4 Å². The van der Waals surface area contributed by atoms with Crippen LogP contribution >= 0.6 is 31.9 Å². The summed E-state index contributed by atoms with van der Waals surface area (Å²) in [5, 5.41) is 0.760. The van der Waals surface area contributed by atoms with Crippen LogP contribution < -0.4 is 4.74 Å². The monoisotopic (exact) mass is 410 g/mol. The van der Waals surface area contributed by atoms with Crippen molar-refractivity contribution in [2.75, 3.05) is 46.8 Å². The molecule has 0 saturated heterocycles. The molecule has 0 atom stereocenters. The van der Waals surface area contributed by atoms with Gasteiger partial charge in [-0.2, -0.15) is 0 Å². The molecule has 4 nitrogen and oxygen atoms in total. The Hall–Kier alpha value is -0.140. The van der Waals surface area contributed by atoms with E-state index in [0.29, 0.717) is 39.6 Å². The lowest BCUT2D eigenvalue weighted by Gasteiger charge is -2.12. The number of alkyl halides is 1. The standard InChI is InChI=1S/C14H20Br2O4/c1-17-5-6-18-7-8-19-9-10-20-14-12(11-15)3-2-4-13(14)16/h2-4H,5-11H2,1H3. The zero-order valence-corrected chi connectivity index (χ0v) is 14.7. The van der Waals surface area contributed by atoms with E-state index in [9.17, 15) is 0 Å². The summed E-state index contributed by atoms with van der Waals surface area (Å²) in [6.07, 6.45) is 0. The molecule has 1 aromatic rings. The van der Waals surface area contributed by atoms with Gasteiger partial charge in [0, 0.05) is 18.0 Å². The fourth-order valence-corrected chi connectivity index (χ4v) is 2.45. The van der Waals surface area contributed by atoms with Gasteiger partial charge in [0.15, 0.2) is 0 Å². The third-order valence-electron chi connectivity index (χ3n) is 2.47. The second-order valence-corrected chi connectivity index (χ2v) is 5.34. The molecule has 1 rings (SSSR count). The molecule has 0 aliphatic carbocycles. The van der Waals surface area contributed by atoms with Crippen LogP contribution in [0.3, 0.4) is 0 Å². The summed E-state index contributed by atoms with van der Waals surface area (Å²) in [4.78, 5) is 0. The second kappa shape index (κ2) is 11.5. The van der Waals surface area contributed by atoms with Crippen LogP contribution in [0.2, 0.25) is 0 Å². The first kappa shape index (κ1) is 17.9. The van der Waals surface area contributed by atoms with E-state index in [0.717, 1.165) is 21.1 Å². The number of para-hydroxylation sites is 1. The summed E-state index contributed by atoms with van der Waals surface area (Å²) in [6.45, 7) is 3.40. The molecule has 0 saturated carbocycles. The van der Waals surface area contributed by atoms with E-state index in [1.54, 1.807) is 7.11 Å². The molecule has 0 aliphatic heterocycles. The van der Waals surface area contributed by atoms with Gasteiger partial charge >= 0.3 is 0 Å². The van der Waals surface area contributed by atoms with E-state index in [-0.39, 0.29) is 0 Å². The number of benzene rings is 1. The lowest BCUT2D eigenvalue weighted by molar-refractivity contribution is 0.0179. The molecule has 0 aliphatic rings. The third-order valence-corrected chi connectivity index (χ3v) is 3.70. The minimum Gasteiger partial charge on any atom is -0.490 e. The van der Waals surface area contributed by atoms with Gasteiger partial charge in [-0.25, -0.2) is 0 Å². The van der Waals surface area contributed by atoms with Crippen molar-refractivity contribution in [1.29, 1.82) is 0 Å². The molecule has 0 unspecified atom stereocenters. The molecular formula is C14H20Br2O4. The van der Waals surface area contributed by atoms with Crippen LogP contribution in [0.15, 0.2) is 22.7 Å². The molecule has 0 heterocycles. The SMILES string of the molecule is COCCOCCOCCOc1c(Br)cccc1CBr. The summed E-state index contributed by atoms with van der Waals surface area (Å²) in [5.41, 5.74) is 1.11.